The molecule has 0 aliphatic carbocycles. The number of likely N-dealkylation sites (N-methyl/N-ethyl adjacent to an activating group) is 1. The van der Waals surface area contributed by atoms with Crippen LogP contribution in [-0.4, -0.2) is 48.2 Å². The van der Waals surface area contributed by atoms with Crippen LogP contribution >= 0.6 is 51.4 Å². The largest absolute Gasteiger partial charge is 0.302 e. The molecule has 2 aromatic carbocycles. The summed E-state index contributed by atoms with van der Waals surface area (Å²) < 4.78 is 2.09. The molecule has 156 valence electrons. The van der Waals surface area contributed by atoms with Gasteiger partial charge in [0.2, 0.25) is 0 Å². The number of nitrogens with zero attached hydrogens (tertiary/aromatic N) is 3. The Morgan fingerprint density at radius 2 is 1.86 bits per heavy atom. The Morgan fingerprint density at radius 1 is 1.14 bits per heavy atom. The van der Waals surface area contributed by atoms with Crippen LogP contribution in [0.3, 0.4) is 0 Å². The SMILES string of the molecule is CCN(CC)CCN(C(=O)c1ccccc1SC)c1nc2ccc(Br)cc2s1.Cl. The molecule has 4 nitrogen and oxygen atoms in total. The van der Waals surface area contributed by atoms with Gasteiger partial charge in [0.25, 0.3) is 5.91 Å². The molecule has 0 aliphatic rings. The average Bonchev–Trinajstić information content (AvgIpc) is 3.13. The minimum atomic E-state index is 0. The molecule has 0 atom stereocenters. The number of carbonyl (C=O) groups excluding carboxylic acids is 1. The van der Waals surface area contributed by atoms with Crippen LogP contribution in [0.1, 0.15) is 24.2 Å². The molecule has 0 N–H and O–H groups in total. The maximum atomic E-state index is 13.5. The van der Waals surface area contributed by atoms with Crippen LogP contribution in [0.5, 0.6) is 0 Å². The van der Waals surface area contributed by atoms with E-state index >= 15 is 0 Å². The zero-order chi connectivity index (χ0) is 20.1. The Labute approximate surface area is 195 Å². The van der Waals surface area contributed by atoms with Gasteiger partial charge in [0, 0.05) is 22.5 Å². The van der Waals surface area contributed by atoms with Crippen LogP contribution in [0.4, 0.5) is 5.13 Å². The van der Waals surface area contributed by atoms with Crippen molar-refractivity contribution in [3.05, 3.63) is 52.5 Å². The van der Waals surface area contributed by atoms with Crippen molar-refractivity contribution in [2.24, 2.45) is 0 Å². The van der Waals surface area contributed by atoms with E-state index in [1.165, 1.54) is 0 Å². The number of hydrogen-bond acceptors (Lipinski definition) is 5. The summed E-state index contributed by atoms with van der Waals surface area (Å²) in [6.45, 7) is 7.66. The molecule has 0 aliphatic heterocycles. The van der Waals surface area contributed by atoms with Crippen molar-refractivity contribution in [1.82, 2.24) is 9.88 Å². The van der Waals surface area contributed by atoms with Crippen LogP contribution < -0.4 is 4.90 Å². The first kappa shape index (κ1) is 24.2. The molecule has 0 saturated carbocycles. The molecule has 0 unspecified atom stereocenters. The van der Waals surface area contributed by atoms with Gasteiger partial charge < -0.3 is 4.90 Å². The van der Waals surface area contributed by atoms with Gasteiger partial charge in [-0.2, -0.15) is 0 Å². The van der Waals surface area contributed by atoms with Crippen molar-refractivity contribution < 1.29 is 4.79 Å². The monoisotopic (exact) mass is 513 g/mol. The van der Waals surface area contributed by atoms with Gasteiger partial charge in [0.05, 0.1) is 15.8 Å². The van der Waals surface area contributed by atoms with E-state index in [1.54, 1.807) is 23.1 Å². The quantitative estimate of drug-likeness (QED) is 0.336. The molecule has 0 spiro atoms. The first-order chi connectivity index (χ1) is 13.6. The number of aromatic nitrogens is 1. The molecule has 8 heteroatoms. The van der Waals surface area contributed by atoms with Crippen molar-refractivity contribution >= 4 is 72.7 Å². The number of carbonyl (C=O) groups is 1. The third kappa shape index (κ3) is 5.73. The van der Waals surface area contributed by atoms with Crippen molar-refractivity contribution in [2.75, 3.05) is 37.3 Å². The van der Waals surface area contributed by atoms with Crippen molar-refractivity contribution in [3.63, 3.8) is 0 Å². The van der Waals surface area contributed by atoms with Gasteiger partial charge in [-0.3, -0.25) is 9.69 Å². The summed E-state index contributed by atoms with van der Waals surface area (Å²) in [4.78, 5) is 23.4. The molecule has 1 aromatic heterocycles. The zero-order valence-electron chi connectivity index (χ0n) is 16.7. The fraction of sp³-hybridized carbons (Fsp3) is 0.333. The number of fused-ring (bicyclic) bond motifs is 1. The van der Waals surface area contributed by atoms with E-state index < -0.39 is 0 Å². The number of anilines is 1. The number of amides is 1. The molecular formula is C21H25BrClN3OS2. The summed E-state index contributed by atoms with van der Waals surface area (Å²) in [6.07, 6.45) is 2.00. The molecule has 0 fully saturated rings. The van der Waals surface area contributed by atoms with E-state index in [0.717, 1.165) is 49.9 Å². The highest BCUT2D eigenvalue weighted by Crippen LogP contribution is 2.32. The van der Waals surface area contributed by atoms with Crippen molar-refractivity contribution in [1.29, 1.82) is 0 Å². The molecule has 0 radical (unpaired) electrons. The minimum absolute atomic E-state index is 0. The molecular weight excluding hydrogens is 490 g/mol. The van der Waals surface area contributed by atoms with Gasteiger partial charge in [0.15, 0.2) is 5.13 Å². The number of hydrogen-bond donors (Lipinski definition) is 0. The lowest BCUT2D eigenvalue weighted by atomic mass is 10.2. The summed E-state index contributed by atoms with van der Waals surface area (Å²) in [5.74, 6) is 0.00947. The molecule has 3 rings (SSSR count). The zero-order valence-corrected chi connectivity index (χ0v) is 20.8. The summed E-state index contributed by atoms with van der Waals surface area (Å²) in [6, 6.07) is 13.8. The predicted octanol–water partition coefficient (Wildman–Crippen LogP) is 6.19. The van der Waals surface area contributed by atoms with Crippen LogP contribution in [0.15, 0.2) is 51.8 Å². The van der Waals surface area contributed by atoms with Crippen molar-refractivity contribution in [2.45, 2.75) is 18.7 Å². The highest BCUT2D eigenvalue weighted by molar-refractivity contribution is 9.10. The fourth-order valence-corrected chi connectivity index (χ4v) is 5.17. The third-order valence-corrected chi connectivity index (χ3v) is 7.02. The fourth-order valence-electron chi connectivity index (χ4n) is 3.03. The molecule has 3 aromatic rings. The van der Waals surface area contributed by atoms with Gasteiger partial charge in [-0.1, -0.05) is 53.2 Å². The molecule has 1 heterocycles. The lowest BCUT2D eigenvalue weighted by Crippen LogP contribution is -2.39. The van der Waals surface area contributed by atoms with Crippen molar-refractivity contribution in [3.8, 4) is 0 Å². The lowest BCUT2D eigenvalue weighted by Gasteiger charge is -2.25. The second-order valence-corrected chi connectivity index (χ2v) is 9.07. The molecule has 0 saturated heterocycles. The van der Waals surface area contributed by atoms with Crippen LogP contribution in [0, 0.1) is 0 Å². The third-order valence-electron chi connectivity index (χ3n) is 4.69. The van der Waals surface area contributed by atoms with Gasteiger partial charge in [-0.05, 0) is 49.7 Å². The van der Waals surface area contributed by atoms with Crippen LogP contribution in [-0.2, 0) is 0 Å². The normalized spacial score (nSPS) is 10.9. The minimum Gasteiger partial charge on any atom is -0.302 e. The Morgan fingerprint density at radius 3 is 2.55 bits per heavy atom. The van der Waals surface area contributed by atoms with E-state index in [1.807, 2.05) is 47.6 Å². The van der Waals surface area contributed by atoms with Gasteiger partial charge in [-0.15, -0.1) is 24.2 Å². The Bertz CT molecular complexity index is 962. The molecule has 0 bridgehead atoms. The van der Waals surface area contributed by atoms with E-state index in [9.17, 15) is 4.79 Å². The standard InChI is InChI=1S/C21H24BrN3OS2.ClH/c1-4-24(5-2)12-13-25(20(26)16-8-6-7-9-18(16)27-3)21-23-17-11-10-15(22)14-19(17)28-21;/h6-11,14H,4-5,12-13H2,1-3H3;1H. The predicted molar refractivity (Wildman–Crippen MR) is 132 cm³/mol. The van der Waals surface area contributed by atoms with E-state index in [-0.39, 0.29) is 18.3 Å². The molecule has 29 heavy (non-hydrogen) atoms. The number of rotatable bonds is 8. The molecule has 1 amide bonds. The second kappa shape index (κ2) is 11.3. The highest BCUT2D eigenvalue weighted by Gasteiger charge is 2.23. The number of halogens is 2. The number of thiazole rings is 1. The van der Waals surface area contributed by atoms with Crippen LogP contribution in [0.2, 0.25) is 0 Å². The van der Waals surface area contributed by atoms with E-state index in [4.69, 9.17) is 4.98 Å². The number of thioether (sulfide) groups is 1. The summed E-state index contributed by atoms with van der Waals surface area (Å²) in [5.41, 5.74) is 1.65. The van der Waals surface area contributed by atoms with Gasteiger partial charge >= 0.3 is 0 Å². The Hall–Kier alpha value is -1.12. The average molecular weight is 515 g/mol. The number of benzene rings is 2. The van der Waals surface area contributed by atoms with E-state index in [2.05, 4.69) is 40.7 Å². The van der Waals surface area contributed by atoms with Gasteiger partial charge in [0.1, 0.15) is 0 Å². The summed E-state index contributed by atoms with van der Waals surface area (Å²) in [7, 11) is 0. The Kier molecular flexibility index (Phi) is 9.43. The van der Waals surface area contributed by atoms with Crippen LogP contribution in [0.25, 0.3) is 10.2 Å². The maximum absolute atomic E-state index is 13.5. The topological polar surface area (TPSA) is 36.4 Å². The second-order valence-electron chi connectivity index (χ2n) is 6.29. The maximum Gasteiger partial charge on any atom is 0.261 e. The summed E-state index contributed by atoms with van der Waals surface area (Å²) in [5, 5.41) is 0.751. The lowest BCUT2D eigenvalue weighted by molar-refractivity contribution is 0.0981. The summed E-state index contributed by atoms with van der Waals surface area (Å²) >= 11 is 6.68. The highest BCUT2D eigenvalue weighted by atomic mass is 79.9. The first-order valence-corrected chi connectivity index (χ1v) is 12.1. The van der Waals surface area contributed by atoms with E-state index in [0.29, 0.717) is 6.54 Å². The van der Waals surface area contributed by atoms with Gasteiger partial charge in [-0.25, -0.2) is 4.98 Å². The first-order valence-electron chi connectivity index (χ1n) is 9.30. The smallest absolute Gasteiger partial charge is 0.261 e. The Balaban J connectivity index is 0.00000300.